The summed E-state index contributed by atoms with van der Waals surface area (Å²) in [5.41, 5.74) is 6.82. The summed E-state index contributed by atoms with van der Waals surface area (Å²) in [6.45, 7) is 1.72. The van der Waals surface area contributed by atoms with E-state index >= 15 is 0 Å². The minimum absolute atomic E-state index is 0.00895. The van der Waals surface area contributed by atoms with Crippen molar-refractivity contribution in [1.82, 2.24) is 9.78 Å². The number of para-hydroxylation sites is 1. The maximum absolute atomic E-state index is 13.5. The second kappa shape index (κ2) is 4.87. The predicted molar refractivity (Wildman–Crippen MR) is 66.4 cm³/mol. The number of hydrogen-bond acceptors (Lipinski definition) is 3. The Bertz CT molecular complexity index is 559. The van der Waals surface area contributed by atoms with Crippen LogP contribution >= 0.6 is 0 Å². The summed E-state index contributed by atoms with van der Waals surface area (Å²) in [7, 11) is 0. The average molecular weight is 248 g/mol. The Morgan fingerprint density at radius 3 is 2.94 bits per heavy atom. The zero-order chi connectivity index (χ0) is 13.1. The van der Waals surface area contributed by atoms with Crippen LogP contribution in [-0.4, -0.2) is 15.7 Å². The Morgan fingerprint density at radius 1 is 1.56 bits per heavy atom. The van der Waals surface area contributed by atoms with Gasteiger partial charge in [0.15, 0.2) is 0 Å². The fourth-order valence-electron chi connectivity index (χ4n) is 1.58. The van der Waals surface area contributed by atoms with E-state index in [1.54, 1.807) is 19.1 Å². The molecule has 2 aromatic rings. The van der Waals surface area contributed by atoms with Crippen LogP contribution in [0, 0.1) is 12.7 Å². The summed E-state index contributed by atoms with van der Waals surface area (Å²) in [6, 6.07) is 4.62. The summed E-state index contributed by atoms with van der Waals surface area (Å²) in [6.07, 6.45) is 2.98. The van der Waals surface area contributed by atoms with Crippen molar-refractivity contribution in [3.05, 3.63) is 42.0 Å². The molecule has 0 saturated heterocycles. The van der Waals surface area contributed by atoms with Crippen molar-refractivity contribution in [2.45, 2.75) is 13.5 Å². The molecular formula is C12H13FN4O. The molecule has 3 N–H and O–H groups in total. The molecular weight excluding hydrogens is 235 g/mol. The van der Waals surface area contributed by atoms with Crippen LogP contribution in [0.4, 0.5) is 15.8 Å². The molecule has 0 unspecified atom stereocenters. The Hall–Kier alpha value is -2.37. The van der Waals surface area contributed by atoms with Crippen LogP contribution in [0.25, 0.3) is 0 Å². The first-order valence-corrected chi connectivity index (χ1v) is 5.39. The number of aryl methyl sites for hydroxylation is 1. The topological polar surface area (TPSA) is 72.9 Å². The van der Waals surface area contributed by atoms with Gasteiger partial charge in [0.05, 0.1) is 17.6 Å². The molecule has 1 aromatic heterocycles. The number of carbonyl (C=O) groups is 1. The summed E-state index contributed by atoms with van der Waals surface area (Å²) < 4.78 is 14.9. The predicted octanol–water partition coefficient (Wildman–Crippen LogP) is 1.55. The minimum atomic E-state index is -0.455. The molecule has 0 radical (unpaired) electrons. The number of nitrogens with one attached hydrogen (secondary N) is 1. The van der Waals surface area contributed by atoms with Crippen LogP contribution in [0.15, 0.2) is 30.6 Å². The van der Waals surface area contributed by atoms with E-state index < -0.39 is 5.82 Å². The van der Waals surface area contributed by atoms with Crippen LogP contribution in [0.5, 0.6) is 0 Å². The maximum Gasteiger partial charge on any atom is 0.246 e. The highest BCUT2D eigenvalue weighted by Crippen LogP contribution is 2.18. The Morgan fingerprint density at radius 2 is 2.33 bits per heavy atom. The molecule has 0 aliphatic heterocycles. The number of nitrogens with two attached hydrogens (primary N) is 1. The second-order valence-electron chi connectivity index (χ2n) is 3.95. The van der Waals surface area contributed by atoms with Gasteiger partial charge < -0.3 is 11.1 Å². The lowest BCUT2D eigenvalue weighted by atomic mass is 10.2. The average Bonchev–Trinajstić information content (AvgIpc) is 2.69. The van der Waals surface area contributed by atoms with E-state index in [-0.39, 0.29) is 18.1 Å². The Kier molecular flexibility index (Phi) is 3.27. The summed E-state index contributed by atoms with van der Waals surface area (Å²) in [4.78, 5) is 11.7. The van der Waals surface area contributed by atoms with Crippen molar-refractivity contribution < 1.29 is 9.18 Å². The van der Waals surface area contributed by atoms with Gasteiger partial charge >= 0.3 is 0 Å². The molecule has 94 valence electrons. The largest absolute Gasteiger partial charge is 0.396 e. The van der Waals surface area contributed by atoms with E-state index in [9.17, 15) is 9.18 Å². The number of nitrogens with zero attached hydrogens (tertiary/aromatic N) is 2. The van der Waals surface area contributed by atoms with Crippen molar-refractivity contribution in [1.29, 1.82) is 0 Å². The zero-order valence-electron chi connectivity index (χ0n) is 9.85. The molecule has 0 spiro atoms. The van der Waals surface area contributed by atoms with Gasteiger partial charge in [-0.3, -0.25) is 9.48 Å². The van der Waals surface area contributed by atoms with E-state index in [2.05, 4.69) is 10.4 Å². The Balaban J connectivity index is 2.08. The third-order valence-electron chi connectivity index (χ3n) is 2.45. The SMILES string of the molecule is Cc1cccc(F)c1NC(=O)Cn1cc(N)cn1. The normalized spacial score (nSPS) is 10.3. The fourth-order valence-corrected chi connectivity index (χ4v) is 1.58. The van der Waals surface area contributed by atoms with Crippen LogP contribution < -0.4 is 11.1 Å². The van der Waals surface area contributed by atoms with Gasteiger partial charge in [-0.2, -0.15) is 5.10 Å². The molecule has 0 atom stereocenters. The number of benzene rings is 1. The van der Waals surface area contributed by atoms with E-state index in [1.165, 1.54) is 23.1 Å². The van der Waals surface area contributed by atoms with Crippen molar-refractivity contribution in [2.24, 2.45) is 0 Å². The maximum atomic E-state index is 13.5. The van der Waals surface area contributed by atoms with Crippen LogP contribution in [0.1, 0.15) is 5.56 Å². The molecule has 1 amide bonds. The number of anilines is 2. The number of hydrogen-bond donors (Lipinski definition) is 2. The first-order valence-electron chi connectivity index (χ1n) is 5.39. The molecule has 2 rings (SSSR count). The highest BCUT2D eigenvalue weighted by Gasteiger charge is 2.10. The molecule has 1 heterocycles. The quantitative estimate of drug-likeness (QED) is 0.865. The van der Waals surface area contributed by atoms with Crippen molar-refractivity contribution in [3.63, 3.8) is 0 Å². The van der Waals surface area contributed by atoms with E-state index in [0.29, 0.717) is 11.3 Å². The van der Waals surface area contributed by atoms with Gasteiger partial charge in [0.1, 0.15) is 12.4 Å². The zero-order valence-corrected chi connectivity index (χ0v) is 9.85. The van der Waals surface area contributed by atoms with E-state index in [4.69, 9.17) is 5.73 Å². The monoisotopic (exact) mass is 248 g/mol. The van der Waals surface area contributed by atoms with Gasteiger partial charge in [0.2, 0.25) is 5.91 Å². The van der Waals surface area contributed by atoms with Gasteiger partial charge in [0.25, 0.3) is 0 Å². The van der Waals surface area contributed by atoms with Gasteiger partial charge in [-0.1, -0.05) is 12.1 Å². The first kappa shape index (κ1) is 12.1. The molecule has 5 nitrogen and oxygen atoms in total. The summed E-state index contributed by atoms with van der Waals surface area (Å²) in [5.74, 6) is -0.811. The number of halogens is 1. The van der Waals surface area contributed by atoms with Crippen LogP contribution in [0.3, 0.4) is 0 Å². The molecule has 0 aliphatic carbocycles. The number of rotatable bonds is 3. The van der Waals surface area contributed by atoms with Crippen molar-refractivity contribution >= 4 is 17.3 Å². The minimum Gasteiger partial charge on any atom is -0.396 e. The van der Waals surface area contributed by atoms with Crippen molar-refractivity contribution in [2.75, 3.05) is 11.1 Å². The highest BCUT2D eigenvalue weighted by molar-refractivity contribution is 5.91. The molecule has 1 aromatic carbocycles. The highest BCUT2D eigenvalue weighted by atomic mass is 19.1. The lowest BCUT2D eigenvalue weighted by molar-refractivity contribution is -0.116. The van der Waals surface area contributed by atoms with Gasteiger partial charge in [-0.25, -0.2) is 4.39 Å². The van der Waals surface area contributed by atoms with E-state index in [1.807, 2.05) is 0 Å². The lowest BCUT2D eigenvalue weighted by Gasteiger charge is -2.09. The van der Waals surface area contributed by atoms with Crippen LogP contribution in [-0.2, 0) is 11.3 Å². The number of aromatic nitrogens is 2. The second-order valence-corrected chi connectivity index (χ2v) is 3.95. The fraction of sp³-hybridized carbons (Fsp3) is 0.167. The van der Waals surface area contributed by atoms with Gasteiger partial charge in [-0.05, 0) is 18.6 Å². The van der Waals surface area contributed by atoms with Gasteiger partial charge in [-0.15, -0.1) is 0 Å². The van der Waals surface area contributed by atoms with Crippen LogP contribution in [0.2, 0.25) is 0 Å². The smallest absolute Gasteiger partial charge is 0.246 e. The number of nitrogen functional groups attached to an aromatic ring is 1. The Labute approximate surface area is 103 Å². The number of amides is 1. The molecule has 0 aliphatic rings. The number of carbonyl (C=O) groups excluding carboxylic acids is 1. The molecule has 0 bridgehead atoms. The summed E-state index contributed by atoms with van der Waals surface area (Å²) in [5, 5.41) is 6.40. The molecule has 0 saturated carbocycles. The molecule has 0 fully saturated rings. The molecule has 6 heteroatoms. The third-order valence-corrected chi connectivity index (χ3v) is 2.45. The first-order chi connectivity index (χ1) is 8.56. The van der Waals surface area contributed by atoms with Gasteiger partial charge in [0, 0.05) is 6.20 Å². The standard InChI is InChI=1S/C12H13FN4O/c1-8-3-2-4-10(13)12(8)16-11(18)7-17-6-9(14)5-15-17/h2-6H,7,14H2,1H3,(H,16,18). The summed E-state index contributed by atoms with van der Waals surface area (Å²) >= 11 is 0. The van der Waals surface area contributed by atoms with Crippen molar-refractivity contribution in [3.8, 4) is 0 Å². The molecule has 18 heavy (non-hydrogen) atoms. The van der Waals surface area contributed by atoms with E-state index in [0.717, 1.165) is 0 Å². The third kappa shape index (κ3) is 2.65. The lowest BCUT2D eigenvalue weighted by Crippen LogP contribution is -2.20.